The molecule has 2 atom stereocenters. The Balaban J connectivity index is 4.16. The van der Waals surface area contributed by atoms with Crippen LogP contribution in [-0.4, -0.2) is 17.7 Å². The highest BCUT2D eigenvalue weighted by molar-refractivity contribution is 7.60. The molecule has 0 fully saturated rings. The predicted molar refractivity (Wildman–Crippen MR) is 51.3 cm³/mol. The second-order valence-electron chi connectivity index (χ2n) is 2.46. The van der Waals surface area contributed by atoms with E-state index in [1.165, 1.54) is 0 Å². The summed E-state index contributed by atoms with van der Waals surface area (Å²) in [4.78, 5) is 8.49. The van der Waals surface area contributed by atoms with E-state index < -0.39 is 15.9 Å². The van der Waals surface area contributed by atoms with Crippen molar-refractivity contribution in [2.24, 2.45) is 0 Å². The molecule has 0 heterocycles. The van der Waals surface area contributed by atoms with Crippen molar-refractivity contribution in [1.82, 2.24) is 0 Å². The Bertz CT molecular complexity index is 205. The van der Waals surface area contributed by atoms with Gasteiger partial charge in [-0.15, -0.1) is 0 Å². The molecule has 7 heteroatoms. The molecule has 0 rings (SSSR count). The molecule has 0 aliphatic carbocycles. The van der Waals surface area contributed by atoms with Crippen LogP contribution in [0.4, 0.5) is 0 Å². The Hall–Kier alpha value is 0.340. The van der Waals surface area contributed by atoms with Crippen molar-refractivity contribution in [2.75, 3.05) is 12.8 Å². The maximum Gasteiger partial charge on any atom is 0.337 e. The molecule has 0 aromatic carbocycles. The van der Waals surface area contributed by atoms with Crippen molar-refractivity contribution in [3.8, 4) is 0 Å². The fourth-order valence-corrected chi connectivity index (χ4v) is 3.56. The van der Waals surface area contributed by atoms with Crippen LogP contribution in [0.3, 0.4) is 0 Å². The number of unbranched alkanes of at least 4 members (excludes halogenated alkanes) is 1. The van der Waals surface area contributed by atoms with E-state index in [9.17, 15) is 9.13 Å². The molecular formula is C6H16O5P2. The zero-order valence-corrected chi connectivity index (χ0v) is 9.75. The molecule has 0 spiro atoms. The quantitative estimate of drug-likeness (QED) is 0.680. The average molecular weight is 230 g/mol. The van der Waals surface area contributed by atoms with E-state index in [4.69, 9.17) is 9.42 Å². The number of rotatable bonds is 7. The van der Waals surface area contributed by atoms with Gasteiger partial charge in [0.05, 0.1) is 12.8 Å². The standard InChI is InChI=1S/C6H16O5P2/c1-3-5-6-13(9,10-4-2)11-12(7)8/h12H,3-6H2,1-2H3,(H,7,8). The van der Waals surface area contributed by atoms with Crippen molar-refractivity contribution in [2.45, 2.75) is 26.7 Å². The first-order valence-electron chi connectivity index (χ1n) is 4.20. The smallest absolute Gasteiger partial charge is 0.326 e. The Morgan fingerprint density at radius 3 is 2.46 bits per heavy atom. The largest absolute Gasteiger partial charge is 0.337 e. The monoisotopic (exact) mass is 230 g/mol. The normalized spacial score (nSPS) is 18.1. The molecule has 0 aromatic heterocycles. The van der Waals surface area contributed by atoms with Crippen LogP contribution >= 0.6 is 15.9 Å². The lowest BCUT2D eigenvalue weighted by Gasteiger charge is -2.14. The molecule has 0 amide bonds. The average Bonchev–Trinajstić information content (AvgIpc) is 2.00. The summed E-state index contributed by atoms with van der Waals surface area (Å²) in [5.74, 6) is 0. The Labute approximate surface area is 78.9 Å². The highest BCUT2D eigenvalue weighted by Crippen LogP contribution is 2.54. The van der Waals surface area contributed by atoms with Gasteiger partial charge in [0.1, 0.15) is 0 Å². The summed E-state index contributed by atoms with van der Waals surface area (Å²) >= 11 is 0. The molecule has 0 aliphatic rings. The van der Waals surface area contributed by atoms with Gasteiger partial charge in [-0.2, -0.15) is 0 Å². The Kier molecular flexibility index (Phi) is 6.92. The SMILES string of the molecule is CCCCP(=O)(OCC)O[PH](=O)O. The molecule has 0 saturated carbocycles. The van der Waals surface area contributed by atoms with Gasteiger partial charge in [0.25, 0.3) is 0 Å². The number of hydrogen-bond acceptors (Lipinski definition) is 4. The fourth-order valence-electron chi connectivity index (χ4n) is 0.804. The summed E-state index contributed by atoms with van der Waals surface area (Å²) in [6.07, 6.45) is 1.70. The molecule has 0 bridgehead atoms. The first-order chi connectivity index (χ1) is 6.04. The van der Waals surface area contributed by atoms with Crippen molar-refractivity contribution in [3.63, 3.8) is 0 Å². The molecule has 5 nitrogen and oxygen atoms in total. The maximum atomic E-state index is 11.6. The van der Waals surface area contributed by atoms with Crippen molar-refractivity contribution in [3.05, 3.63) is 0 Å². The Morgan fingerprint density at radius 2 is 2.08 bits per heavy atom. The van der Waals surface area contributed by atoms with Gasteiger partial charge in [-0.1, -0.05) is 13.3 Å². The second kappa shape index (κ2) is 6.74. The van der Waals surface area contributed by atoms with Gasteiger partial charge in [0.15, 0.2) is 0 Å². The lowest BCUT2D eigenvalue weighted by atomic mass is 10.4. The van der Waals surface area contributed by atoms with Crippen LogP contribution in [0.5, 0.6) is 0 Å². The lowest BCUT2D eigenvalue weighted by molar-refractivity contribution is 0.271. The van der Waals surface area contributed by atoms with Gasteiger partial charge in [-0.05, 0) is 13.3 Å². The van der Waals surface area contributed by atoms with E-state index in [0.29, 0.717) is 6.42 Å². The molecule has 1 N–H and O–H groups in total. The summed E-state index contributed by atoms with van der Waals surface area (Å²) in [5, 5.41) is 0. The molecule has 0 aliphatic heterocycles. The summed E-state index contributed by atoms with van der Waals surface area (Å²) < 4.78 is 31.2. The van der Waals surface area contributed by atoms with E-state index in [2.05, 4.69) is 4.31 Å². The lowest BCUT2D eigenvalue weighted by Crippen LogP contribution is -1.96. The third-order valence-electron chi connectivity index (χ3n) is 1.33. The molecule has 0 aromatic rings. The van der Waals surface area contributed by atoms with Crippen LogP contribution in [0, 0.1) is 0 Å². The van der Waals surface area contributed by atoms with Crippen molar-refractivity contribution >= 4 is 15.9 Å². The van der Waals surface area contributed by atoms with Gasteiger partial charge in [0.2, 0.25) is 0 Å². The zero-order chi connectivity index (χ0) is 10.3. The maximum absolute atomic E-state index is 11.6. The van der Waals surface area contributed by atoms with Gasteiger partial charge in [-0.3, -0.25) is 9.13 Å². The van der Waals surface area contributed by atoms with E-state index in [1.54, 1.807) is 6.92 Å². The summed E-state index contributed by atoms with van der Waals surface area (Å²) in [7, 11) is -6.49. The van der Waals surface area contributed by atoms with Crippen molar-refractivity contribution < 1.29 is 22.9 Å². The molecular weight excluding hydrogens is 214 g/mol. The van der Waals surface area contributed by atoms with Crippen molar-refractivity contribution in [1.29, 1.82) is 0 Å². The fraction of sp³-hybridized carbons (Fsp3) is 1.00. The minimum absolute atomic E-state index is 0.203. The van der Waals surface area contributed by atoms with E-state index in [-0.39, 0.29) is 12.8 Å². The van der Waals surface area contributed by atoms with Gasteiger partial charge < -0.3 is 9.42 Å². The summed E-state index contributed by atoms with van der Waals surface area (Å²) in [5.41, 5.74) is 0. The minimum atomic E-state index is -3.31. The van der Waals surface area contributed by atoms with Crippen LogP contribution in [0.15, 0.2) is 0 Å². The summed E-state index contributed by atoms with van der Waals surface area (Å²) in [6, 6.07) is 0. The first-order valence-corrected chi connectivity index (χ1v) is 7.19. The third kappa shape index (κ3) is 6.42. The molecule has 80 valence electrons. The first kappa shape index (κ1) is 13.3. The minimum Gasteiger partial charge on any atom is -0.326 e. The van der Waals surface area contributed by atoms with Crippen LogP contribution in [0.2, 0.25) is 0 Å². The third-order valence-corrected chi connectivity index (χ3v) is 4.58. The highest BCUT2D eigenvalue weighted by Gasteiger charge is 2.25. The second-order valence-corrected chi connectivity index (χ2v) is 5.65. The van der Waals surface area contributed by atoms with E-state index in [0.717, 1.165) is 6.42 Å². The van der Waals surface area contributed by atoms with Crippen LogP contribution in [0.25, 0.3) is 0 Å². The predicted octanol–water partition coefficient (Wildman–Crippen LogP) is 2.41. The van der Waals surface area contributed by atoms with Gasteiger partial charge >= 0.3 is 15.9 Å². The van der Waals surface area contributed by atoms with E-state index >= 15 is 0 Å². The molecule has 0 radical (unpaired) electrons. The van der Waals surface area contributed by atoms with Crippen LogP contribution in [-0.2, 0) is 18.0 Å². The van der Waals surface area contributed by atoms with Gasteiger partial charge in [0, 0.05) is 0 Å². The number of hydrogen-bond donors (Lipinski definition) is 1. The van der Waals surface area contributed by atoms with E-state index in [1.807, 2.05) is 6.92 Å². The highest BCUT2D eigenvalue weighted by atomic mass is 31.2. The zero-order valence-electron chi connectivity index (χ0n) is 7.86. The van der Waals surface area contributed by atoms with Crippen LogP contribution in [0.1, 0.15) is 26.7 Å². The molecule has 0 saturated heterocycles. The molecule has 13 heavy (non-hydrogen) atoms. The van der Waals surface area contributed by atoms with Gasteiger partial charge in [-0.25, -0.2) is 4.31 Å². The topological polar surface area (TPSA) is 72.8 Å². The Morgan fingerprint density at radius 1 is 1.46 bits per heavy atom. The summed E-state index contributed by atoms with van der Waals surface area (Å²) in [6.45, 7) is 3.81. The molecule has 2 unspecified atom stereocenters. The van der Waals surface area contributed by atoms with Crippen LogP contribution < -0.4 is 0 Å².